The number of ether oxygens (including phenoxy) is 1. The number of rotatable bonds is 8. The first-order valence-corrected chi connectivity index (χ1v) is 5.27. The summed E-state index contributed by atoms with van der Waals surface area (Å²) in [6, 6.07) is 0. The van der Waals surface area contributed by atoms with Crippen molar-refractivity contribution in [2.24, 2.45) is 0 Å². The summed E-state index contributed by atoms with van der Waals surface area (Å²) in [6.45, 7) is -0.245. The second-order valence-electron chi connectivity index (χ2n) is 3.86. The fourth-order valence-corrected chi connectivity index (χ4v) is 1.09. The number of hydrogen-bond acceptors (Lipinski definition) is 8. The summed E-state index contributed by atoms with van der Waals surface area (Å²) >= 11 is 0. The fourth-order valence-electron chi connectivity index (χ4n) is 1.09. The predicted molar refractivity (Wildman–Crippen MR) is 57.4 cm³/mol. The zero-order chi connectivity index (χ0) is 14.3. The molecule has 0 aliphatic carbocycles. The lowest BCUT2D eigenvalue weighted by molar-refractivity contribution is -0.157. The van der Waals surface area contributed by atoms with Gasteiger partial charge in [-0.05, 0) is 6.92 Å². The van der Waals surface area contributed by atoms with Crippen molar-refractivity contribution in [3.8, 4) is 0 Å². The highest BCUT2D eigenvalue weighted by Gasteiger charge is 2.30. The molecule has 0 aliphatic heterocycles. The van der Waals surface area contributed by atoms with Crippen molar-refractivity contribution in [3.05, 3.63) is 0 Å². The first kappa shape index (κ1) is 16.9. The molecule has 4 atom stereocenters. The molecule has 0 radical (unpaired) electrons. The lowest BCUT2D eigenvalue weighted by Crippen LogP contribution is -2.47. The zero-order valence-corrected chi connectivity index (χ0v) is 9.89. The molecule has 8 heteroatoms. The number of Topliss-reactive ketones (excluding diaryl/α,β-unsaturated/α-hetero) is 1. The summed E-state index contributed by atoms with van der Waals surface area (Å²) < 4.78 is 4.47. The highest BCUT2D eigenvalue weighted by atomic mass is 16.5. The van der Waals surface area contributed by atoms with E-state index in [4.69, 9.17) is 10.2 Å². The Hall–Kier alpha value is -1.06. The summed E-state index contributed by atoms with van der Waals surface area (Å²) in [7, 11) is 0. The Bertz CT molecular complexity index is 279. The molecule has 0 aliphatic rings. The van der Waals surface area contributed by atoms with Crippen LogP contribution in [0.15, 0.2) is 0 Å². The van der Waals surface area contributed by atoms with Crippen LogP contribution in [0, 0.1) is 0 Å². The van der Waals surface area contributed by atoms with E-state index in [0.717, 1.165) is 0 Å². The van der Waals surface area contributed by atoms with Crippen LogP contribution in [0.2, 0.25) is 0 Å². The van der Waals surface area contributed by atoms with Gasteiger partial charge in [-0.3, -0.25) is 9.59 Å². The molecule has 0 spiro atoms. The van der Waals surface area contributed by atoms with Crippen LogP contribution in [0.1, 0.15) is 13.3 Å². The van der Waals surface area contributed by atoms with E-state index < -0.39 is 55.8 Å². The molecule has 0 saturated heterocycles. The van der Waals surface area contributed by atoms with Gasteiger partial charge in [-0.1, -0.05) is 0 Å². The van der Waals surface area contributed by atoms with Crippen molar-refractivity contribution >= 4 is 11.8 Å². The molecule has 0 aromatic carbocycles. The monoisotopic (exact) mass is 266 g/mol. The van der Waals surface area contributed by atoms with Crippen LogP contribution in [0.3, 0.4) is 0 Å². The number of ketones is 1. The standard InChI is InChI=1S/C10H18O8/c1-5(12)2-8(15)18-4-7(14)10(17)9(16)6(13)3-11/h6-7,9-11,13-14,16-17H,2-4H2,1H3/t6-,7+,9-,10-/m1/s1. The smallest absolute Gasteiger partial charge is 0.313 e. The second-order valence-corrected chi connectivity index (χ2v) is 3.86. The van der Waals surface area contributed by atoms with E-state index in [9.17, 15) is 24.9 Å². The van der Waals surface area contributed by atoms with E-state index in [1.165, 1.54) is 6.92 Å². The number of hydrogen-bond donors (Lipinski definition) is 5. The molecular weight excluding hydrogens is 248 g/mol. The second kappa shape index (κ2) is 8.11. The van der Waals surface area contributed by atoms with Crippen molar-refractivity contribution in [1.82, 2.24) is 0 Å². The van der Waals surface area contributed by atoms with Gasteiger partial charge in [0.05, 0.1) is 6.61 Å². The summed E-state index contributed by atoms with van der Waals surface area (Å²) in [5.41, 5.74) is 0. The highest BCUT2D eigenvalue weighted by molar-refractivity contribution is 5.94. The third-order valence-electron chi connectivity index (χ3n) is 2.13. The van der Waals surface area contributed by atoms with E-state index in [0.29, 0.717) is 0 Å². The number of aliphatic hydroxyl groups is 5. The molecule has 0 bridgehead atoms. The average Bonchev–Trinajstić information content (AvgIpc) is 2.32. The molecule has 0 fully saturated rings. The number of carbonyl (C=O) groups is 2. The first-order valence-electron chi connectivity index (χ1n) is 5.27. The average molecular weight is 266 g/mol. The Kier molecular flexibility index (Phi) is 7.64. The van der Waals surface area contributed by atoms with Crippen LogP contribution in [-0.2, 0) is 14.3 Å². The van der Waals surface area contributed by atoms with Crippen LogP contribution >= 0.6 is 0 Å². The van der Waals surface area contributed by atoms with E-state index in [1.807, 2.05) is 0 Å². The minimum atomic E-state index is -1.79. The minimum absolute atomic E-state index is 0.411. The normalized spacial score (nSPS) is 17.7. The predicted octanol–water partition coefficient (Wildman–Crippen LogP) is -3.06. The topological polar surface area (TPSA) is 145 Å². The Morgan fingerprint density at radius 2 is 1.56 bits per heavy atom. The van der Waals surface area contributed by atoms with Gasteiger partial charge >= 0.3 is 5.97 Å². The Balaban J connectivity index is 4.12. The van der Waals surface area contributed by atoms with Crippen molar-refractivity contribution in [1.29, 1.82) is 0 Å². The molecule has 106 valence electrons. The Labute approximate surface area is 103 Å². The fraction of sp³-hybridized carbons (Fsp3) is 0.800. The quantitative estimate of drug-likeness (QED) is 0.230. The van der Waals surface area contributed by atoms with Crippen LogP contribution in [0.5, 0.6) is 0 Å². The van der Waals surface area contributed by atoms with Crippen molar-refractivity contribution in [2.75, 3.05) is 13.2 Å². The molecular formula is C10H18O8. The van der Waals surface area contributed by atoms with Crippen LogP contribution < -0.4 is 0 Å². The van der Waals surface area contributed by atoms with Gasteiger partial charge in [0.15, 0.2) is 0 Å². The maximum absolute atomic E-state index is 11.0. The van der Waals surface area contributed by atoms with Crippen molar-refractivity contribution < 1.29 is 39.9 Å². The van der Waals surface area contributed by atoms with Crippen LogP contribution in [-0.4, -0.2) is 74.9 Å². The van der Waals surface area contributed by atoms with Crippen LogP contribution in [0.4, 0.5) is 0 Å². The molecule has 0 aromatic heterocycles. The van der Waals surface area contributed by atoms with Gasteiger partial charge in [0.2, 0.25) is 0 Å². The van der Waals surface area contributed by atoms with Gasteiger partial charge in [-0.15, -0.1) is 0 Å². The van der Waals surface area contributed by atoms with Gasteiger partial charge in [0, 0.05) is 0 Å². The summed E-state index contributed by atoms with van der Waals surface area (Å²) in [6.07, 6.45) is -7.29. The Morgan fingerprint density at radius 3 is 2.00 bits per heavy atom. The molecule has 0 heterocycles. The summed E-state index contributed by atoms with van der Waals surface area (Å²) in [4.78, 5) is 21.5. The molecule has 0 aromatic rings. The van der Waals surface area contributed by atoms with Gasteiger partial charge in [0.1, 0.15) is 43.2 Å². The maximum atomic E-state index is 11.0. The van der Waals surface area contributed by atoms with Gasteiger partial charge in [-0.25, -0.2) is 0 Å². The van der Waals surface area contributed by atoms with E-state index >= 15 is 0 Å². The molecule has 0 amide bonds. The van der Waals surface area contributed by atoms with E-state index in [2.05, 4.69) is 4.74 Å². The Morgan fingerprint density at radius 1 is 1.06 bits per heavy atom. The maximum Gasteiger partial charge on any atom is 0.313 e. The SMILES string of the molecule is CC(=O)CC(=O)OC[C@H](O)[C@@H](O)[C@H](O)[C@H](O)CO. The lowest BCUT2D eigenvalue weighted by atomic mass is 10.0. The summed E-state index contributed by atoms with van der Waals surface area (Å²) in [5.74, 6) is -1.28. The lowest BCUT2D eigenvalue weighted by Gasteiger charge is -2.25. The molecule has 0 saturated carbocycles. The molecule has 0 rings (SSSR count). The van der Waals surface area contributed by atoms with E-state index in [1.54, 1.807) is 0 Å². The molecule has 5 N–H and O–H groups in total. The first-order chi connectivity index (χ1) is 8.29. The van der Waals surface area contributed by atoms with Crippen molar-refractivity contribution in [2.45, 2.75) is 37.8 Å². The molecule has 0 unspecified atom stereocenters. The van der Waals surface area contributed by atoms with Crippen molar-refractivity contribution in [3.63, 3.8) is 0 Å². The third-order valence-corrected chi connectivity index (χ3v) is 2.13. The molecule has 18 heavy (non-hydrogen) atoms. The molecule has 8 nitrogen and oxygen atoms in total. The number of esters is 1. The largest absolute Gasteiger partial charge is 0.462 e. The highest BCUT2D eigenvalue weighted by Crippen LogP contribution is 2.06. The number of aliphatic hydroxyl groups excluding tert-OH is 5. The van der Waals surface area contributed by atoms with Crippen LogP contribution in [0.25, 0.3) is 0 Å². The van der Waals surface area contributed by atoms with Gasteiger partial charge in [0.25, 0.3) is 0 Å². The minimum Gasteiger partial charge on any atom is -0.462 e. The van der Waals surface area contributed by atoms with Gasteiger partial charge < -0.3 is 30.3 Å². The summed E-state index contributed by atoms with van der Waals surface area (Å²) in [5, 5.41) is 45.5. The number of carbonyl (C=O) groups excluding carboxylic acids is 2. The third kappa shape index (κ3) is 6.03. The zero-order valence-electron chi connectivity index (χ0n) is 9.89. The van der Waals surface area contributed by atoms with Gasteiger partial charge in [-0.2, -0.15) is 0 Å². The van der Waals surface area contributed by atoms with E-state index in [-0.39, 0.29) is 0 Å².